The highest BCUT2D eigenvalue weighted by Gasteiger charge is 2.30. The van der Waals surface area contributed by atoms with Gasteiger partial charge in [-0.1, -0.05) is 89.8 Å². The Hall–Kier alpha value is -0.120. The topological polar surface area (TPSA) is 0 Å². The molecule has 0 bridgehead atoms. The second kappa shape index (κ2) is 7.24. The Balaban J connectivity index is 2.36. The molecule has 0 atom stereocenters. The lowest BCUT2D eigenvalue weighted by atomic mass is 9.79. The van der Waals surface area contributed by atoms with Crippen LogP contribution in [0.4, 0.5) is 0 Å². The summed E-state index contributed by atoms with van der Waals surface area (Å²) in [6.45, 7) is 2.13. The van der Waals surface area contributed by atoms with Gasteiger partial charge in [-0.2, -0.15) is 0 Å². The van der Waals surface area contributed by atoms with Crippen LogP contribution in [0.5, 0.6) is 0 Å². The molecule has 0 aliphatic heterocycles. The molecule has 0 fully saturated rings. The summed E-state index contributed by atoms with van der Waals surface area (Å²) in [5.41, 5.74) is 4.09. The van der Waals surface area contributed by atoms with Gasteiger partial charge in [0, 0.05) is 20.5 Å². The molecule has 2 rings (SSSR count). The summed E-state index contributed by atoms with van der Waals surface area (Å²) in [6, 6.07) is 17.4. The highest BCUT2D eigenvalue weighted by molar-refractivity contribution is 9.10. The molecule has 0 saturated heterocycles. The predicted octanol–water partition coefficient (Wildman–Crippen LogP) is 6.03. The summed E-state index contributed by atoms with van der Waals surface area (Å²) in [4.78, 5) is 0. The van der Waals surface area contributed by atoms with Crippen molar-refractivity contribution >= 4 is 47.8 Å². The molecule has 0 saturated carbocycles. The van der Waals surface area contributed by atoms with Crippen molar-refractivity contribution in [3.63, 3.8) is 0 Å². The molecule has 0 amide bonds. The van der Waals surface area contributed by atoms with Crippen molar-refractivity contribution in [2.24, 2.45) is 0 Å². The molecule has 3 heteroatoms. The smallest absolute Gasteiger partial charge is 0.0187 e. The van der Waals surface area contributed by atoms with E-state index in [1.54, 1.807) is 0 Å². The van der Waals surface area contributed by atoms with Crippen LogP contribution in [-0.4, -0.2) is 10.7 Å². The van der Waals surface area contributed by atoms with E-state index >= 15 is 0 Å². The first kappa shape index (κ1) is 16.3. The van der Waals surface area contributed by atoms with Crippen molar-refractivity contribution in [3.05, 3.63) is 69.7 Å². The minimum atomic E-state index is 0.0685. The average Bonchev–Trinajstić information content (AvgIpc) is 2.47. The number of benzene rings is 2. The summed E-state index contributed by atoms with van der Waals surface area (Å²) in [5, 5.41) is 1.85. The van der Waals surface area contributed by atoms with Crippen LogP contribution in [0.15, 0.2) is 53.0 Å². The van der Waals surface area contributed by atoms with Crippen molar-refractivity contribution in [2.75, 3.05) is 10.7 Å². The molecule has 2 aromatic carbocycles. The molecule has 0 spiro atoms. The van der Waals surface area contributed by atoms with Gasteiger partial charge < -0.3 is 0 Å². The number of alkyl halides is 2. The number of hydrogen-bond acceptors (Lipinski definition) is 0. The van der Waals surface area contributed by atoms with E-state index < -0.39 is 0 Å². The SMILES string of the molecule is Cc1ccc(CC(CBr)(CBr)c2cccc(Br)c2)cc1. The molecule has 0 heterocycles. The van der Waals surface area contributed by atoms with E-state index in [2.05, 4.69) is 103 Å². The van der Waals surface area contributed by atoms with Gasteiger partial charge in [-0.15, -0.1) is 0 Å². The van der Waals surface area contributed by atoms with Crippen LogP contribution in [0.3, 0.4) is 0 Å². The maximum Gasteiger partial charge on any atom is 0.0187 e. The summed E-state index contributed by atoms with van der Waals surface area (Å²) < 4.78 is 1.13. The van der Waals surface area contributed by atoms with Crippen molar-refractivity contribution in [2.45, 2.75) is 18.8 Å². The van der Waals surface area contributed by atoms with E-state index in [9.17, 15) is 0 Å². The zero-order valence-corrected chi connectivity index (χ0v) is 16.1. The summed E-state index contributed by atoms with van der Waals surface area (Å²) >= 11 is 11.0. The maximum atomic E-state index is 3.72. The lowest BCUT2D eigenvalue weighted by molar-refractivity contribution is 0.551. The quantitative estimate of drug-likeness (QED) is 0.478. The van der Waals surface area contributed by atoms with Crippen LogP contribution < -0.4 is 0 Å². The van der Waals surface area contributed by atoms with Crippen LogP contribution >= 0.6 is 47.8 Å². The second-order valence-electron chi connectivity index (χ2n) is 5.22. The molecule has 0 nitrogen and oxygen atoms in total. The van der Waals surface area contributed by atoms with E-state index in [1.807, 2.05) is 0 Å². The first-order chi connectivity index (χ1) is 9.59. The molecule has 0 aliphatic carbocycles. The van der Waals surface area contributed by atoms with Crippen LogP contribution in [0.25, 0.3) is 0 Å². The Bertz CT molecular complexity index is 557. The third-order valence-corrected chi connectivity index (χ3v) is 6.25. The second-order valence-corrected chi connectivity index (χ2v) is 7.26. The maximum absolute atomic E-state index is 3.72. The van der Waals surface area contributed by atoms with E-state index in [1.165, 1.54) is 16.7 Å². The lowest BCUT2D eigenvalue weighted by Gasteiger charge is -2.31. The van der Waals surface area contributed by atoms with Crippen molar-refractivity contribution in [1.29, 1.82) is 0 Å². The highest BCUT2D eigenvalue weighted by atomic mass is 79.9. The molecular formula is C17H17Br3. The summed E-state index contributed by atoms with van der Waals surface area (Å²) in [6.07, 6.45) is 1.01. The molecule has 20 heavy (non-hydrogen) atoms. The number of hydrogen-bond donors (Lipinski definition) is 0. The molecule has 0 aromatic heterocycles. The predicted molar refractivity (Wildman–Crippen MR) is 98.3 cm³/mol. The Labute approximate surface area is 146 Å². The van der Waals surface area contributed by atoms with Gasteiger partial charge in [0.15, 0.2) is 0 Å². The van der Waals surface area contributed by atoms with Gasteiger partial charge in [0.25, 0.3) is 0 Å². The lowest BCUT2D eigenvalue weighted by Crippen LogP contribution is -2.33. The first-order valence-electron chi connectivity index (χ1n) is 6.53. The van der Waals surface area contributed by atoms with Crippen LogP contribution in [0.1, 0.15) is 16.7 Å². The molecule has 2 aromatic rings. The largest absolute Gasteiger partial charge is 0.0918 e. The van der Waals surface area contributed by atoms with Crippen molar-refractivity contribution in [1.82, 2.24) is 0 Å². The van der Waals surface area contributed by atoms with E-state index in [-0.39, 0.29) is 5.41 Å². The van der Waals surface area contributed by atoms with Gasteiger partial charge in [0.2, 0.25) is 0 Å². The summed E-state index contributed by atoms with van der Waals surface area (Å²) in [5.74, 6) is 0. The van der Waals surface area contributed by atoms with Gasteiger partial charge in [0.1, 0.15) is 0 Å². The fourth-order valence-corrected chi connectivity index (χ4v) is 4.67. The number of aryl methyl sites for hydroxylation is 1. The average molecular weight is 461 g/mol. The highest BCUT2D eigenvalue weighted by Crippen LogP contribution is 2.34. The van der Waals surface area contributed by atoms with E-state index in [0.29, 0.717) is 0 Å². The third-order valence-electron chi connectivity index (χ3n) is 3.61. The Morgan fingerprint density at radius 1 is 0.950 bits per heavy atom. The van der Waals surface area contributed by atoms with Crippen molar-refractivity contribution < 1.29 is 0 Å². The summed E-state index contributed by atoms with van der Waals surface area (Å²) in [7, 11) is 0. The molecule has 0 aliphatic rings. The van der Waals surface area contributed by atoms with E-state index in [0.717, 1.165) is 21.6 Å². The van der Waals surface area contributed by atoms with Crippen LogP contribution in [0, 0.1) is 6.92 Å². The third kappa shape index (κ3) is 3.75. The van der Waals surface area contributed by atoms with Crippen LogP contribution in [-0.2, 0) is 11.8 Å². The Morgan fingerprint density at radius 3 is 2.15 bits per heavy atom. The number of rotatable bonds is 5. The molecule has 0 radical (unpaired) electrons. The minimum absolute atomic E-state index is 0.0685. The fourth-order valence-electron chi connectivity index (χ4n) is 2.30. The molecule has 0 unspecified atom stereocenters. The van der Waals surface area contributed by atoms with Crippen molar-refractivity contribution in [3.8, 4) is 0 Å². The normalized spacial score (nSPS) is 11.6. The fraction of sp³-hybridized carbons (Fsp3) is 0.294. The Kier molecular flexibility index (Phi) is 5.88. The molecule has 0 N–H and O–H groups in total. The van der Waals surface area contributed by atoms with Gasteiger partial charge in [-0.3, -0.25) is 0 Å². The minimum Gasteiger partial charge on any atom is -0.0918 e. The van der Waals surface area contributed by atoms with Crippen LogP contribution in [0.2, 0.25) is 0 Å². The monoisotopic (exact) mass is 458 g/mol. The number of halogens is 3. The van der Waals surface area contributed by atoms with Gasteiger partial charge in [-0.25, -0.2) is 0 Å². The zero-order chi connectivity index (χ0) is 14.6. The standard InChI is InChI=1S/C17H17Br3/c1-13-5-7-14(8-6-13)10-17(11-18,12-19)15-3-2-4-16(20)9-15/h2-9H,10-12H2,1H3. The Morgan fingerprint density at radius 2 is 1.60 bits per heavy atom. The zero-order valence-electron chi connectivity index (χ0n) is 11.4. The molecular weight excluding hydrogens is 444 g/mol. The van der Waals surface area contributed by atoms with Gasteiger partial charge in [0.05, 0.1) is 0 Å². The van der Waals surface area contributed by atoms with Gasteiger partial charge in [-0.05, 0) is 36.6 Å². The molecule has 106 valence electrons. The van der Waals surface area contributed by atoms with E-state index in [4.69, 9.17) is 0 Å². The first-order valence-corrected chi connectivity index (χ1v) is 9.57. The van der Waals surface area contributed by atoms with Gasteiger partial charge >= 0.3 is 0 Å².